The van der Waals surface area contributed by atoms with Crippen LogP contribution in [-0.2, 0) is 24.7 Å². The third-order valence-electron chi connectivity index (χ3n) is 4.27. The van der Waals surface area contributed by atoms with Crippen LogP contribution in [0.1, 0.15) is 6.42 Å². The van der Waals surface area contributed by atoms with Crippen molar-refractivity contribution in [2.75, 3.05) is 24.6 Å². The molecule has 0 saturated carbocycles. The van der Waals surface area contributed by atoms with Crippen LogP contribution in [0, 0.1) is 0 Å². The van der Waals surface area contributed by atoms with Gasteiger partial charge in [0.15, 0.2) is 9.84 Å². The van der Waals surface area contributed by atoms with Gasteiger partial charge < -0.3 is 9.32 Å². The van der Waals surface area contributed by atoms with Crippen LogP contribution in [0.3, 0.4) is 0 Å². The molecule has 160 valence electrons. The molecule has 0 atom stereocenters. The molecular weight excluding hydrogens is 452 g/mol. The molecule has 0 aliphatic carbocycles. The molecule has 0 spiro atoms. The summed E-state index contributed by atoms with van der Waals surface area (Å²) in [5.41, 5.74) is 0.152. The summed E-state index contributed by atoms with van der Waals surface area (Å²) in [4.78, 5) is 12.8. The lowest BCUT2D eigenvalue weighted by Gasteiger charge is -2.14. The maximum Gasteiger partial charge on any atom is 0.295 e. The van der Waals surface area contributed by atoms with Crippen molar-refractivity contribution in [1.29, 1.82) is 0 Å². The van der Waals surface area contributed by atoms with Crippen molar-refractivity contribution in [3.05, 3.63) is 53.6 Å². The summed E-state index contributed by atoms with van der Waals surface area (Å²) in [6.07, 6.45) is -0.242. The Labute approximate surface area is 179 Å². The number of nitrogens with zero attached hydrogens (tertiary/aromatic N) is 1. The molecule has 0 fully saturated rings. The maximum atomic E-state index is 12.8. The van der Waals surface area contributed by atoms with Crippen LogP contribution in [0.5, 0.6) is 0 Å². The molecule has 1 heterocycles. The van der Waals surface area contributed by atoms with Crippen molar-refractivity contribution in [3.8, 4) is 0 Å². The molecule has 3 aromatic rings. The summed E-state index contributed by atoms with van der Waals surface area (Å²) < 4.78 is 58.8. The fourth-order valence-corrected chi connectivity index (χ4v) is 5.35. The molecule has 1 N–H and O–H groups in total. The van der Waals surface area contributed by atoms with Gasteiger partial charge in [0.1, 0.15) is 5.58 Å². The number of carbonyl (C=O) groups excluding carboxylic acids is 1. The number of furan rings is 1. The van der Waals surface area contributed by atoms with E-state index in [0.717, 1.165) is 0 Å². The van der Waals surface area contributed by atoms with E-state index in [9.17, 15) is 21.6 Å². The number of halogens is 1. The number of nitrogens with one attached hydrogen (secondary N) is 1. The highest BCUT2D eigenvalue weighted by molar-refractivity contribution is 7.93. The number of hydrogen-bond donors (Lipinski definition) is 1. The topological polar surface area (TPSA) is 114 Å². The van der Waals surface area contributed by atoms with E-state index in [4.69, 9.17) is 16.0 Å². The lowest BCUT2D eigenvalue weighted by atomic mass is 10.3. The Hall–Kier alpha value is -2.56. The van der Waals surface area contributed by atoms with Gasteiger partial charge in [0.05, 0.1) is 16.3 Å². The number of amides is 1. The number of para-hydroxylation sites is 1. The Morgan fingerprint density at radius 1 is 1.07 bits per heavy atom. The maximum absolute atomic E-state index is 12.8. The van der Waals surface area contributed by atoms with Gasteiger partial charge >= 0.3 is 0 Å². The number of carbonyl (C=O) groups is 1. The molecular formula is C19H19ClN2O6S2. The molecule has 0 radical (unpaired) electrons. The summed E-state index contributed by atoms with van der Waals surface area (Å²) in [5.74, 6) is -0.845. The molecule has 30 heavy (non-hydrogen) atoms. The first-order valence-corrected chi connectivity index (χ1v) is 12.2. The Morgan fingerprint density at radius 2 is 1.77 bits per heavy atom. The largest absolute Gasteiger partial charge is 0.443 e. The fraction of sp³-hybridized carbons (Fsp3) is 0.211. The van der Waals surface area contributed by atoms with E-state index in [1.165, 1.54) is 43.3 Å². The predicted octanol–water partition coefficient (Wildman–Crippen LogP) is 3.14. The zero-order valence-electron chi connectivity index (χ0n) is 16.1. The van der Waals surface area contributed by atoms with E-state index in [1.807, 2.05) is 0 Å². The second-order valence-corrected chi connectivity index (χ2v) is 10.8. The van der Waals surface area contributed by atoms with Gasteiger partial charge in [-0.25, -0.2) is 8.42 Å². The normalized spacial score (nSPS) is 12.1. The van der Waals surface area contributed by atoms with E-state index in [0.29, 0.717) is 11.0 Å². The second-order valence-electron chi connectivity index (χ2n) is 6.71. The molecule has 3 rings (SSSR count). The van der Waals surface area contributed by atoms with Gasteiger partial charge in [0.2, 0.25) is 11.0 Å². The molecule has 8 nitrogen and oxygen atoms in total. The molecule has 2 aromatic carbocycles. The molecule has 1 aromatic heterocycles. The zero-order chi connectivity index (χ0) is 22.1. The first-order valence-electron chi connectivity index (χ1n) is 8.73. The lowest BCUT2D eigenvalue weighted by molar-refractivity contribution is -0.128. The minimum atomic E-state index is -4.23. The van der Waals surface area contributed by atoms with Crippen LogP contribution < -0.4 is 4.72 Å². The average Bonchev–Trinajstić information content (AvgIpc) is 3.11. The summed E-state index contributed by atoms with van der Waals surface area (Å²) in [7, 11) is -5.18. The minimum Gasteiger partial charge on any atom is -0.443 e. The van der Waals surface area contributed by atoms with Crippen LogP contribution in [0.2, 0.25) is 5.02 Å². The zero-order valence-corrected chi connectivity index (χ0v) is 18.5. The van der Waals surface area contributed by atoms with Crippen molar-refractivity contribution in [2.45, 2.75) is 16.4 Å². The lowest BCUT2D eigenvalue weighted by Crippen LogP contribution is -2.24. The van der Waals surface area contributed by atoms with Crippen LogP contribution in [0.25, 0.3) is 11.0 Å². The number of sulfonamides is 1. The third kappa shape index (κ3) is 4.77. The van der Waals surface area contributed by atoms with Crippen molar-refractivity contribution in [3.63, 3.8) is 0 Å². The quantitative estimate of drug-likeness (QED) is 0.567. The van der Waals surface area contributed by atoms with Gasteiger partial charge in [0, 0.05) is 37.0 Å². The summed E-state index contributed by atoms with van der Waals surface area (Å²) in [5, 5.41) is 0.356. The smallest absolute Gasteiger partial charge is 0.295 e. The Morgan fingerprint density at radius 3 is 2.43 bits per heavy atom. The van der Waals surface area contributed by atoms with Gasteiger partial charge in [-0.3, -0.25) is 9.52 Å². The van der Waals surface area contributed by atoms with E-state index in [1.54, 1.807) is 24.3 Å². The highest BCUT2D eigenvalue weighted by Crippen LogP contribution is 2.30. The summed E-state index contributed by atoms with van der Waals surface area (Å²) >= 11 is 5.96. The first kappa shape index (κ1) is 22.1. The van der Waals surface area contributed by atoms with Crippen molar-refractivity contribution >= 4 is 54.0 Å². The molecule has 0 saturated heterocycles. The van der Waals surface area contributed by atoms with Gasteiger partial charge in [-0.15, -0.1) is 0 Å². The van der Waals surface area contributed by atoms with Crippen molar-refractivity contribution in [1.82, 2.24) is 4.90 Å². The molecule has 0 aliphatic heterocycles. The minimum absolute atomic E-state index is 0.139. The molecule has 0 bridgehead atoms. The molecule has 0 aliphatic rings. The van der Waals surface area contributed by atoms with E-state index in [-0.39, 0.29) is 33.0 Å². The van der Waals surface area contributed by atoms with Crippen LogP contribution >= 0.6 is 11.6 Å². The highest BCUT2D eigenvalue weighted by atomic mass is 35.5. The molecule has 0 unspecified atom stereocenters. The Bertz CT molecular complexity index is 1280. The van der Waals surface area contributed by atoms with Crippen molar-refractivity contribution in [2.24, 2.45) is 0 Å². The summed E-state index contributed by atoms with van der Waals surface area (Å²) in [6.45, 7) is 0. The number of rotatable bonds is 7. The monoisotopic (exact) mass is 470 g/mol. The van der Waals surface area contributed by atoms with Gasteiger partial charge in [-0.2, -0.15) is 8.42 Å². The van der Waals surface area contributed by atoms with Crippen LogP contribution in [0.4, 0.5) is 5.69 Å². The Balaban J connectivity index is 1.96. The predicted molar refractivity (Wildman–Crippen MR) is 114 cm³/mol. The SMILES string of the molecule is CN(C)C(=O)CCS(=O)(=O)c1ccc(Cl)cc1NS(=O)(=O)c1cc2ccccc2o1. The number of hydrogen-bond acceptors (Lipinski definition) is 6. The Kier molecular flexibility index (Phi) is 6.11. The van der Waals surface area contributed by atoms with E-state index in [2.05, 4.69) is 4.72 Å². The van der Waals surface area contributed by atoms with Crippen molar-refractivity contribution < 1.29 is 26.0 Å². The number of benzene rings is 2. The van der Waals surface area contributed by atoms with Gasteiger partial charge in [-0.05, 0) is 24.3 Å². The van der Waals surface area contributed by atoms with Gasteiger partial charge in [-0.1, -0.05) is 29.8 Å². The average molecular weight is 471 g/mol. The van der Waals surface area contributed by atoms with E-state index >= 15 is 0 Å². The molecule has 1 amide bonds. The fourth-order valence-electron chi connectivity index (χ4n) is 2.69. The number of anilines is 1. The number of fused-ring (bicyclic) bond motifs is 1. The van der Waals surface area contributed by atoms with E-state index < -0.39 is 25.6 Å². The molecule has 11 heteroatoms. The first-order chi connectivity index (χ1) is 14.0. The number of sulfone groups is 1. The van der Waals surface area contributed by atoms with Crippen LogP contribution in [-0.4, -0.2) is 47.5 Å². The standard InChI is InChI=1S/C19H19ClN2O6S2/c1-22(2)18(23)9-10-29(24,25)17-8-7-14(20)12-15(17)21-30(26,27)19-11-13-5-3-4-6-16(13)28-19/h3-8,11-12,21H,9-10H2,1-2H3. The van der Waals surface area contributed by atoms with Gasteiger partial charge in [0.25, 0.3) is 10.0 Å². The summed E-state index contributed by atoms with van der Waals surface area (Å²) in [6, 6.07) is 11.8. The highest BCUT2D eigenvalue weighted by Gasteiger charge is 2.26. The third-order valence-corrected chi connectivity index (χ3v) is 7.49. The van der Waals surface area contributed by atoms with Crippen LogP contribution in [0.15, 0.2) is 62.9 Å². The second kappa shape index (κ2) is 8.29.